The summed E-state index contributed by atoms with van der Waals surface area (Å²) in [5, 5.41) is 6.58. The van der Waals surface area contributed by atoms with Gasteiger partial charge in [0.05, 0.1) is 18.4 Å². The van der Waals surface area contributed by atoms with Gasteiger partial charge in [-0.2, -0.15) is 0 Å². The second-order valence-electron chi connectivity index (χ2n) is 14.8. The molecule has 2 aliphatic heterocycles. The van der Waals surface area contributed by atoms with E-state index in [1.54, 1.807) is 27.0 Å². The normalized spacial score (nSPS) is 27.7. The number of alkyl carbamates (subject to hydrolysis) is 1. The maximum absolute atomic E-state index is 14.4. The molecule has 3 N–H and O–H groups in total. The molecule has 13 nitrogen and oxygen atoms in total. The lowest BCUT2D eigenvalue weighted by Crippen LogP contribution is -2.60. The van der Waals surface area contributed by atoms with Gasteiger partial charge in [-0.1, -0.05) is 42.8 Å². The molecule has 6 rings (SSSR count). The number of nitrogens with zero attached hydrogens (tertiary/aromatic N) is 2. The number of pyridine rings is 1. The van der Waals surface area contributed by atoms with Crippen LogP contribution in [0.3, 0.4) is 0 Å². The minimum absolute atomic E-state index is 0.0146. The van der Waals surface area contributed by atoms with Crippen LogP contribution >= 0.6 is 15.9 Å². The highest BCUT2D eigenvalue weighted by Gasteiger charge is 2.62. The number of hydrogen-bond acceptors (Lipinski definition) is 9. The molecule has 1 aromatic carbocycles. The maximum atomic E-state index is 14.4. The van der Waals surface area contributed by atoms with Gasteiger partial charge in [0.2, 0.25) is 27.7 Å². The molecule has 2 aromatic rings. The van der Waals surface area contributed by atoms with Gasteiger partial charge < -0.3 is 25.0 Å². The SMILES string of the molecule is C=C[C@@H]1C[C@]1(NC(=O)[C@@H]1C[C@@H]2CN1C(=O)[C@H](C(C)(C)C)NC(=O)OCCCCCc1cc(Br)c3ccnc(c3c1)O2)C(=O)NS(=O)(=O)C1CC1. The molecule has 1 aromatic heterocycles. The molecular weight excluding hydrogens is 730 g/mol. The molecule has 15 heteroatoms. The number of halogens is 1. The molecule has 0 unspecified atom stereocenters. The average Bonchev–Trinajstić information content (AvgIpc) is 3.97. The van der Waals surface area contributed by atoms with Crippen molar-refractivity contribution in [3.05, 3.63) is 47.1 Å². The van der Waals surface area contributed by atoms with Crippen LogP contribution in [0.25, 0.3) is 10.8 Å². The third-order valence-corrected chi connectivity index (χ3v) is 12.4. The summed E-state index contributed by atoms with van der Waals surface area (Å²) in [5.41, 5.74) is -1.24. The topological polar surface area (TPSA) is 173 Å². The van der Waals surface area contributed by atoms with Crippen LogP contribution in [-0.2, 0) is 35.6 Å². The Morgan fingerprint density at radius 2 is 1.92 bits per heavy atom. The fourth-order valence-corrected chi connectivity index (χ4v) is 8.81. The molecule has 2 saturated carbocycles. The van der Waals surface area contributed by atoms with Gasteiger partial charge >= 0.3 is 6.09 Å². The lowest BCUT2D eigenvalue weighted by Gasteiger charge is -2.35. The minimum Gasteiger partial charge on any atom is -0.472 e. The summed E-state index contributed by atoms with van der Waals surface area (Å²) >= 11 is 3.69. The van der Waals surface area contributed by atoms with Crippen molar-refractivity contribution in [3.8, 4) is 5.88 Å². The maximum Gasteiger partial charge on any atom is 0.407 e. The number of sulfonamides is 1. The van der Waals surface area contributed by atoms with Crippen LogP contribution in [0.5, 0.6) is 5.88 Å². The van der Waals surface area contributed by atoms with Gasteiger partial charge in [-0.3, -0.25) is 19.1 Å². The lowest BCUT2D eigenvalue weighted by atomic mass is 9.85. The van der Waals surface area contributed by atoms with Gasteiger partial charge in [-0.05, 0) is 74.1 Å². The Morgan fingerprint density at radius 1 is 1.16 bits per heavy atom. The van der Waals surface area contributed by atoms with Gasteiger partial charge in [0, 0.05) is 33.8 Å². The van der Waals surface area contributed by atoms with E-state index in [4.69, 9.17) is 9.47 Å². The first-order chi connectivity index (χ1) is 23.6. The van der Waals surface area contributed by atoms with E-state index in [0.717, 1.165) is 40.1 Å². The van der Waals surface area contributed by atoms with Gasteiger partial charge in [-0.15, -0.1) is 6.58 Å². The highest BCUT2D eigenvalue weighted by Crippen LogP contribution is 2.45. The highest BCUT2D eigenvalue weighted by molar-refractivity contribution is 9.10. The fraction of sp³-hybridized carbons (Fsp3) is 0.571. The number of fused-ring (bicyclic) bond motifs is 3. The second kappa shape index (κ2) is 13.8. The molecule has 4 amide bonds. The van der Waals surface area contributed by atoms with Crippen LogP contribution in [0.4, 0.5) is 4.79 Å². The Labute approximate surface area is 300 Å². The van der Waals surface area contributed by atoms with Gasteiger partial charge in [0.15, 0.2) is 0 Å². The average molecular weight is 775 g/mol. The predicted octanol–water partition coefficient (Wildman–Crippen LogP) is 3.88. The number of benzene rings is 1. The van der Waals surface area contributed by atoms with Crippen LogP contribution in [0, 0.1) is 11.3 Å². The Morgan fingerprint density at radius 3 is 2.60 bits per heavy atom. The minimum atomic E-state index is -3.88. The molecule has 270 valence electrons. The van der Waals surface area contributed by atoms with Crippen molar-refractivity contribution in [2.45, 2.75) is 101 Å². The van der Waals surface area contributed by atoms with Crippen molar-refractivity contribution in [3.63, 3.8) is 0 Å². The van der Waals surface area contributed by atoms with Crippen LogP contribution in [0.2, 0.25) is 0 Å². The van der Waals surface area contributed by atoms with Crippen LogP contribution < -0.4 is 20.1 Å². The van der Waals surface area contributed by atoms with E-state index in [-0.39, 0.29) is 26.0 Å². The molecule has 0 spiro atoms. The van der Waals surface area contributed by atoms with Crippen molar-refractivity contribution in [2.75, 3.05) is 13.2 Å². The fourth-order valence-electron chi connectivity index (χ4n) is 6.81. The molecule has 4 aliphatic rings. The van der Waals surface area contributed by atoms with Crippen LogP contribution in [0.15, 0.2) is 41.5 Å². The predicted molar refractivity (Wildman–Crippen MR) is 189 cm³/mol. The van der Waals surface area contributed by atoms with Crippen LogP contribution in [-0.4, -0.2) is 84.2 Å². The summed E-state index contributed by atoms with van der Waals surface area (Å²) in [5.74, 6) is -2.16. The molecule has 2 aliphatic carbocycles. The number of carbonyl (C=O) groups excluding carboxylic acids is 4. The summed E-state index contributed by atoms with van der Waals surface area (Å²) in [4.78, 5) is 60.9. The van der Waals surface area contributed by atoms with E-state index in [1.807, 2.05) is 12.1 Å². The summed E-state index contributed by atoms with van der Waals surface area (Å²) in [6.07, 6.45) is 6.00. The molecule has 3 heterocycles. The van der Waals surface area contributed by atoms with Crippen molar-refractivity contribution >= 4 is 60.5 Å². The number of hydrogen-bond donors (Lipinski definition) is 3. The first kappa shape index (κ1) is 36.1. The Hall–Kier alpha value is -3.72. The summed E-state index contributed by atoms with van der Waals surface area (Å²) < 4.78 is 40.3. The molecular formula is C35H44BrN5O8S. The zero-order chi connectivity index (χ0) is 36.0. The number of nitrogens with one attached hydrogen (secondary N) is 3. The zero-order valence-electron chi connectivity index (χ0n) is 28.5. The number of ether oxygens (including phenoxy) is 2. The quantitative estimate of drug-likeness (QED) is 0.369. The lowest BCUT2D eigenvalue weighted by molar-refractivity contribution is -0.142. The third kappa shape index (κ3) is 7.48. The number of aromatic nitrogens is 1. The summed E-state index contributed by atoms with van der Waals surface area (Å²) in [6.45, 7) is 9.34. The zero-order valence-corrected chi connectivity index (χ0v) is 30.9. The number of carbonyl (C=O) groups is 4. The third-order valence-electron chi connectivity index (χ3n) is 9.95. The molecule has 3 fully saturated rings. The van der Waals surface area contributed by atoms with Crippen molar-refractivity contribution < 1.29 is 37.1 Å². The monoisotopic (exact) mass is 773 g/mol. The highest BCUT2D eigenvalue weighted by atomic mass is 79.9. The molecule has 4 bridgehead atoms. The van der Waals surface area contributed by atoms with E-state index in [1.165, 1.54) is 11.0 Å². The molecule has 50 heavy (non-hydrogen) atoms. The van der Waals surface area contributed by atoms with Crippen molar-refractivity contribution in [1.82, 2.24) is 25.2 Å². The van der Waals surface area contributed by atoms with E-state index in [2.05, 4.69) is 48.9 Å². The van der Waals surface area contributed by atoms with E-state index in [0.29, 0.717) is 25.1 Å². The molecule has 1 saturated heterocycles. The van der Waals surface area contributed by atoms with Gasteiger partial charge in [0.25, 0.3) is 5.91 Å². The summed E-state index contributed by atoms with van der Waals surface area (Å²) in [7, 11) is -3.88. The van der Waals surface area contributed by atoms with Crippen molar-refractivity contribution in [2.24, 2.45) is 11.3 Å². The Bertz CT molecular complexity index is 1830. The Balaban J connectivity index is 1.34. The largest absolute Gasteiger partial charge is 0.472 e. The van der Waals surface area contributed by atoms with E-state index >= 15 is 0 Å². The number of cyclic esters (lactones) is 1. The number of rotatable bonds is 6. The van der Waals surface area contributed by atoms with Crippen LogP contribution in [0.1, 0.15) is 71.3 Å². The number of aryl methyl sites for hydroxylation is 1. The summed E-state index contributed by atoms with van der Waals surface area (Å²) in [6, 6.07) is 3.79. The second-order valence-corrected chi connectivity index (χ2v) is 17.7. The van der Waals surface area contributed by atoms with E-state index < -0.39 is 74.1 Å². The standard InChI is InChI=1S/C35H44BrN5O8S/c1-5-21-18-35(21,32(44)40-50(46,47)23-10-11-23)39-29(42)27-17-22-19-41(27)31(43)28(34(2,3)4)38-33(45)48-14-8-6-7-9-20-15-25-24(26(36)16-20)12-13-37-30(25)49-22/h5,12-13,15-16,21-23,27-28H,1,6-11,14,17-19H2,2-4H3,(H,38,45)(H,39,42)(H,40,44)/t21-,22-,27+,28-,35-/m1/s1. The first-order valence-electron chi connectivity index (χ1n) is 17.1. The van der Waals surface area contributed by atoms with Gasteiger partial charge in [0.1, 0.15) is 23.7 Å². The molecule has 5 atom stereocenters. The molecule has 0 radical (unpaired) electrons. The smallest absolute Gasteiger partial charge is 0.407 e. The van der Waals surface area contributed by atoms with Crippen molar-refractivity contribution in [1.29, 1.82) is 0 Å². The number of amides is 4. The van der Waals surface area contributed by atoms with E-state index in [9.17, 15) is 27.6 Å². The first-order valence-corrected chi connectivity index (χ1v) is 19.4. The van der Waals surface area contributed by atoms with Gasteiger partial charge in [-0.25, -0.2) is 18.2 Å². The Kier molecular flexibility index (Phi) is 9.94.